The third-order valence-electron chi connectivity index (χ3n) is 2.95. The lowest BCUT2D eigenvalue weighted by molar-refractivity contribution is 0.824. The van der Waals surface area contributed by atoms with Crippen molar-refractivity contribution >= 4 is 28.3 Å². The Kier molecular flexibility index (Phi) is 2.76. The summed E-state index contributed by atoms with van der Waals surface area (Å²) in [5, 5.41) is 6.46. The standard InChI is InChI=1S/C13H14N4S/c1-9(12-14-7-8-18-12)15-13-16-10-5-3-4-6-11(10)17(13)2/h3-9H,1-2H3,(H,15,16). The Balaban J connectivity index is 1.93. The van der Waals surface area contributed by atoms with Crippen LogP contribution in [-0.2, 0) is 7.05 Å². The van der Waals surface area contributed by atoms with Crippen molar-refractivity contribution in [1.29, 1.82) is 0 Å². The van der Waals surface area contributed by atoms with Crippen LogP contribution in [0.15, 0.2) is 35.8 Å². The molecule has 0 aliphatic carbocycles. The number of benzene rings is 1. The van der Waals surface area contributed by atoms with E-state index in [1.54, 1.807) is 11.3 Å². The van der Waals surface area contributed by atoms with Gasteiger partial charge in [-0.25, -0.2) is 9.97 Å². The number of aromatic nitrogens is 3. The number of aryl methyl sites for hydroxylation is 1. The largest absolute Gasteiger partial charge is 0.347 e. The molecule has 92 valence electrons. The first-order valence-corrected chi connectivity index (χ1v) is 6.71. The number of imidazole rings is 1. The minimum atomic E-state index is 0.167. The third kappa shape index (κ3) is 1.86. The first-order chi connectivity index (χ1) is 8.75. The Labute approximate surface area is 109 Å². The number of hydrogen-bond donors (Lipinski definition) is 1. The third-order valence-corrected chi connectivity index (χ3v) is 3.91. The first kappa shape index (κ1) is 11.2. The Bertz CT molecular complexity index is 657. The molecule has 0 bridgehead atoms. The Hall–Kier alpha value is -1.88. The zero-order chi connectivity index (χ0) is 12.5. The molecule has 1 aromatic carbocycles. The number of fused-ring (bicyclic) bond motifs is 1. The monoisotopic (exact) mass is 258 g/mol. The Morgan fingerprint density at radius 3 is 2.89 bits per heavy atom. The second-order valence-corrected chi connectivity index (χ2v) is 5.15. The molecule has 3 rings (SSSR count). The van der Waals surface area contributed by atoms with Crippen LogP contribution in [0.3, 0.4) is 0 Å². The quantitative estimate of drug-likeness (QED) is 0.784. The van der Waals surface area contributed by atoms with Gasteiger partial charge in [0.05, 0.1) is 17.1 Å². The Morgan fingerprint density at radius 2 is 2.17 bits per heavy atom. The van der Waals surface area contributed by atoms with Crippen LogP contribution < -0.4 is 5.32 Å². The fourth-order valence-corrected chi connectivity index (χ4v) is 2.62. The minimum absolute atomic E-state index is 0.167. The van der Waals surface area contributed by atoms with Crippen molar-refractivity contribution in [2.45, 2.75) is 13.0 Å². The van der Waals surface area contributed by atoms with Crippen molar-refractivity contribution in [3.63, 3.8) is 0 Å². The van der Waals surface area contributed by atoms with Gasteiger partial charge in [0, 0.05) is 18.6 Å². The molecule has 4 nitrogen and oxygen atoms in total. The van der Waals surface area contributed by atoms with Crippen LogP contribution in [0.1, 0.15) is 18.0 Å². The smallest absolute Gasteiger partial charge is 0.204 e. The number of hydrogen-bond acceptors (Lipinski definition) is 4. The summed E-state index contributed by atoms with van der Waals surface area (Å²) < 4.78 is 2.07. The van der Waals surface area contributed by atoms with Gasteiger partial charge in [-0.3, -0.25) is 0 Å². The molecule has 1 N–H and O–H groups in total. The first-order valence-electron chi connectivity index (χ1n) is 5.83. The van der Waals surface area contributed by atoms with Gasteiger partial charge < -0.3 is 9.88 Å². The van der Waals surface area contributed by atoms with Gasteiger partial charge in [0.25, 0.3) is 0 Å². The highest BCUT2D eigenvalue weighted by Gasteiger charge is 2.12. The maximum Gasteiger partial charge on any atom is 0.204 e. The molecule has 5 heteroatoms. The van der Waals surface area contributed by atoms with Crippen molar-refractivity contribution in [3.05, 3.63) is 40.8 Å². The molecule has 0 saturated heterocycles. The van der Waals surface area contributed by atoms with Gasteiger partial charge >= 0.3 is 0 Å². The maximum atomic E-state index is 4.59. The number of anilines is 1. The number of nitrogens with one attached hydrogen (secondary N) is 1. The molecule has 1 unspecified atom stereocenters. The van der Waals surface area contributed by atoms with E-state index in [1.807, 2.05) is 36.8 Å². The average Bonchev–Trinajstić information content (AvgIpc) is 3.00. The molecule has 0 aliphatic heterocycles. The zero-order valence-corrected chi connectivity index (χ0v) is 11.1. The van der Waals surface area contributed by atoms with Gasteiger partial charge in [-0.2, -0.15) is 0 Å². The Morgan fingerprint density at radius 1 is 1.33 bits per heavy atom. The van der Waals surface area contributed by atoms with Gasteiger partial charge in [-0.05, 0) is 19.1 Å². The summed E-state index contributed by atoms with van der Waals surface area (Å²) in [5.74, 6) is 0.874. The molecule has 0 saturated carbocycles. The van der Waals surface area contributed by atoms with E-state index in [0.717, 1.165) is 22.0 Å². The summed E-state index contributed by atoms with van der Waals surface area (Å²) in [5.41, 5.74) is 2.14. The molecule has 1 atom stereocenters. The highest BCUT2D eigenvalue weighted by molar-refractivity contribution is 7.09. The topological polar surface area (TPSA) is 42.7 Å². The average molecular weight is 258 g/mol. The molecule has 18 heavy (non-hydrogen) atoms. The van der Waals surface area contributed by atoms with Gasteiger partial charge in [0.15, 0.2) is 0 Å². The van der Waals surface area contributed by atoms with E-state index in [9.17, 15) is 0 Å². The predicted octanol–water partition coefficient (Wildman–Crippen LogP) is 3.20. The molecule has 0 radical (unpaired) electrons. The van der Waals surface area contributed by atoms with Gasteiger partial charge in [-0.15, -0.1) is 11.3 Å². The van der Waals surface area contributed by atoms with Gasteiger partial charge in [0.1, 0.15) is 5.01 Å². The summed E-state index contributed by atoms with van der Waals surface area (Å²) in [4.78, 5) is 8.91. The molecule has 2 heterocycles. The van der Waals surface area contributed by atoms with E-state index in [-0.39, 0.29) is 6.04 Å². The molecular weight excluding hydrogens is 244 g/mol. The van der Waals surface area contributed by atoms with Gasteiger partial charge in [0.2, 0.25) is 5.95 Å². The van der Waals surface area contributed by atoms with Crippen molar-refractivity contribution in [3.8, 4) is 0 Å². The van der Waals surface area contributed by atoms with Crippen molar-refractivity contribution in [2.75, 3.05) is 5.32 Å². The van der Waals surface area contributed by atoms with E-state index >= 15 is 0 Å². The molecule has 0 aliphatic rings. The lowest BCUT2D eigenvalue weighted by Gasteiger charge is -2.11. The highest BCUT2D eigenvalue weighted by Crippen LogP contribution is 2.23. The number of thiazole rings is 1. The lowest BCUT2D eigenvalue weighted by Crippen LogP contribution is -2.10. The molecule has 0 amide bonds. The fourth-order valence-electron chi connectivity index (χ4n) is 1.98. The molecule has 0 spiro atoms. The van der Waals surface area contributed by atoms with E-state index in [1.165, 1.54) is 0 Å². The van der Waals surface area contributed by atoms with E-state index in [4.69, 9.17) is 0 Å². The molecule has 3 aromatic rings. The summed E-state index contributed by atoms with van der Waals surface area (Å²) in [6.45, 7) is 2.10. The van der Waals surface area contributed by atoms with Crippen LogP contribution in [0.5, 0.6) is 0 Å². The minimum Gasteiger partial charge on any atom is -0.347 e. The predicted molar refractivity (Wildman–Crippen MR) is 74.9 cm³/mol. The van der Waals surface area contributed by atoms with E-state index in [0.29, 0.717) is 0 Å². The summed E-state index contributed by atoms with van der Waals surface area (Å²) in [6.07, 6.45) is 1.83. The second-order valence-electron chi connectivity index (χ2n) is 4.22. The van der Waals surface area contributed by atoms with Crippen molar-refractivity contribution in [2.24, 2.45) is 7.05 Å². The maximum absolute atomic E-state index is 4.59. The lowest BCUT2D eigenvalue weighted by atomic mass is 10.3. The van der Waals surface area contributed by atoms with Crippen LogP contribution >= 0.6 is 11.3 Å². The van der Waals surface area contributed by atoms with Crippen LogP contribution in [-0.4, -0.2) is 14.5 Å². The van der Waals surface area contributed by atoms with Crippen molar-refractivity contribution < 1.29 is 0 Å². The highest BCUT2D eigenvalue weighted by atomic mass is 32.1. The molecule has 2 aromatic heterocycles. The van der Waals surface area contributed by atoms with E-state index < -0.39 is 0 Å². The summed E-state index contributed by atoms with van der Waals surface area (Å²) >= 11 is 1.65. The zero-order valence-electron chi connectivity index (χ0n) is 10.3. The van der Waals surface area contributed by atoms with E-state index in [2.05, 4.69) is 32.8 Å². The normalized spacial score (nSPS) is 12.8. The van der Waals surface area contributed by atoms with Gasteiger partial charge in [-0.1, -0.05) is 12.1 Å². The number of rotatable bonds is 3. The number of nitrogens with zero attached hydrogens (tertiary/aromatic N) is 3. The second kappa shape index (κ2) is 4.42. The van der Waals surface area contributed by atoms with Crippen LogP contribution in [0.25, 0.3) is 11.0 Å². The van der Waals surface area contributed by atoms with Crippen LogP contribution in [0.2, 0.25) is 0 Å². The van der Waals surface area contributed by atoms with Crippen LogP contribution in [0, 0.1) is 0 Å². The summed E-state index contributed by atoms with van der Waals surface area (Å²) in [6, 6.07) is 8.29. The fraction of sp³-hybridized carbons (Fsp3) is 0.231. The molecular formula is C13H14N4S. The number of para-hydroxylation sites is 2. The molecule has 0 fully saturated rings. The van der Waals surface area contributed by atoms with Crippen molar-refractivity contribution in [1.82, 2.24) is 14.5 Å². The SMILES string of the molecule is CC(Nc1nc2ccccc2n1C)c1nccs1. The summed E-state index contributed by atoms with van der Waals surface area (Å²) in [7, 11) is 2.02. The van der Waals surface area contributed by atoms with Crippen LogP contribution in [0.4, 0.5) is 5.95 Å².